The van der Waals surface area contributed by atoms with E-state index in [0.717, 1.165) is 11.6 Å². The molecule has 2 aromatic rings. The molecule has 4 heteroatoms. The number of thioether (sulfide) groups is 1. The molecule has 0 saturated heterocycles. The van der Waals surface area contributed by atoms with Crippen molar-refractivity contribution >= 4 is 17.6 Å². The summed E-state index contributed by atoms with van der Waals surface area (Å²) in [5.41, 5.74) is -0.0222. The number of anilines is 1. The summed E-state index contributed by atoms with van der Waals surface area (Å²) >= 11 is 1.71. The summed E-state index contributed by atoms with van der Waals surface area (Å²) in [4.78, 5) is 5.67. The van der Waals surface area contributed by atoms with Crippen LogP contribution < -0.4 is 10.1 Å². The Morgan fingerprint density at radius 3 is 2.35 bits per heavy atom. The van der Waals surface area contributed by atoms with Crippen molar-refractivity contribution in [1.29, 1.82) is 0 Å². The standard InChI is InChI=1S/C16H20N2OS/c1-16(2,3)18-14-6-5-7-15(17-14)19-12-8-10-13(20-4)11-9-12/h5-11H,1-4H3,(H,17,18). The minimum atomic E-state index is -0.0222. The molecule has 0 aliphatic carbocycles. The average Bonchev–Trinajstić information content (AvgIpc) is 2.38. The summed E-state index contributed by atoms with van der Waals surface area (Å²) in [6, 6.07) is 13.7. The van der Waals surface area contributed by atoms with Gasteiger partial charge >= 0.3 is 0 Å². The molecule has 20 heavy (non-hydrogen) atoms. The van der Waals surface area contributed by atoms with Crippen LogP contribution in [0.2, 0.25) is 0 Å². The Balaban J connectivity index is 2.10. The van der Waals surface area contributed by atoms with Crippen molar-refractivity contribution in [3.05, 3.63) is 42.5 Å². The normalized spacial score (nSPS) is 11.2. The first-order valence-electron chi connectivity index (χ1n) is 6.53. The maximum atomic E-state index is 5.77. The van der Waals surface area contributed by atoms with Gasteiger partial charge in [0, 0.05) is 16.5 Å². The Morgan fingerprint density at radius 1 is 1.05 bits per heavy atom. The van der Waals surface area contributed by atoms with Crippen LogP contribution in [0, 0.1) is 0 Å². The highest BCUT2D eigenvalue weighted by Gasteiger charge is 2.10. The molecular formula is C16H20N2OS. The molecule has 0 unspecified atom stereocenters. The molecule has 0 atom stereocenters. The van der Waals surface area contributed by atoms with Gasteiger partial charge in [0.2, 0.25) is 5.88 Å². The highest BCUT2D eigenvalue weighted by molar-refractivity contribution is 7.98. The molecular weight excluding hydrogens is 268 g/mol. The quantitative estimate of drug-likeness (QED) is 0.819. The third-order valence-corrected chi connectivity index (χ3v) is 3.25. The van der Waals surface area contributed by atoms with E-state index >= 15 is 0 Å². The van der Waals surface area contributed by atoms with Crippen molar-refractivity contribution in [2.24, 2.45) is 0 Å². The first-order chi connectivity index (χ1) is 9.46. The van der Waals surface area contributed by atoms with Crippen LogP contribution in [0.4, 0.5) is 5.82 Å². The highest BCUT2D eigenvalue weighted by atomic mass is 32.2. The van der Waals surface area contributed by atoms with E-state index in [1.54, 1.807) is 11.8 Å². The van der Waals surface area contributed by atoms with Crippen molar-refractivity contribution in [2.75, 3.05) is 11.6 Å². The fraction of sp³-hybridized carbons (Fsp3) is 0.312. The lowest BCUT2D eigenvalue weighted by molar-refractivity contribution is 0.462. The number of nitrogens with zero attached hydrogens (tertiary/aromatic N) is 1. The van der Waals surface area contributed by atoms with E-state index in [1.807, 2.05) is 42.5 Å². The van der Waals surface area contributed by atoms with Crippen LogP contribution in [-0.2, 0) is 0 Å². The summed E-state index contributed by atoms with van der Waals surface area (Å²) in [5.74, 6) is 2.20. The van der Waals surface area contributed by atoms with Gasteiger partial charge in [-0.1, -0.05) is 6.07 Å². The molecule has 1 heterocycles. The van der Waals surface area contributed by atoms with Crippen LogP contribution in [0.15, 0.2) is 47.4 Å². The zero-order valence-corrected chi connectivity index (χ0v) is 13.1. The van der Waals surface area contributed by atoms with Crippen molar-refractivity contribution in [3.63, 3.8) is 0 Å². The molecule has 1 aromatic heterocycles. The lowest BCUT2D eigenvalue weighted by Crippen LogP contribution is -2.26. The minimum absolute atomic E-state index is 0.0222. The largest absolute Gasteiger partial charge is 0.439 e. The van der Waals surface area contributed by atoms with Gasteiger partial charge in [0.15, 0.2) is 0 Å². The topological polar surface area (TPSA) is 34.1 Å². The molecule has 0 radical (unpaired) electrons. The summed E-state index contributed by atoms with van der Waals surface area (Å²) in [7, 11) is 0. The number of hydrogen-bond donors (Lipinski definition) is 1. The summed E-state index contributed by atoms with van der Waals surface area (Å²) in [5, 5.41) is 3.33. The van der Waals surface area contributed by atoms with Crippen LogP contribution in [0.3, 0.4) is 0 Å². The number of ether oxygens (including phenoxy) is 1. The average molecular weight is 288 g/mol. The zero-order chi connectivity index (χ0) is 14.6. The fourth-order valence-electron chi connectivity index (χ4n) is 1.69. The third-order valence-electron chi connectivity index (χ3n) is 2.51. The molecule has 0 saturated carbocycles. The van der Waals surface area contributed by atoms with Crippen LogP contribution in [0.5, 0.6) is 11.6 Å². The maximum absolute atomic E-state index is 5.77. The van der Waals surface area contributed by atoms with Gasteiger partial charge in [0.1, 0.15) is 11.6 Å². The molecule has 3 nitrogen and oxygen atoms in total. The first kappa shape index (κ1) is 14.7. The number of aromatic nitrogens is 1. The minimum Gasteiger partial charge on any atom is -0.439 e. The van der Waals surface area contributed by atoms with Crippen molar-refractivity contribution in [1.82, 2.24) is 4.98 Å². The zero-order valence-electron chi connectivity index (χ0n) is 12.3. The predicted molar refractivity (Wildman–Crippen MR) is 85.9 cm³/mol. The van der Waals surface area contributed by atoms with Gasteiger partial charge in [0.05, 0.1) is 0 Å². The Bertz CT molecular complexity index is 561. The van der Waals surface area contributed by atoms with E-state index in [1.165, 1.54) is 4.90 Å². The van der Waals surface area contributed by atoms with E-state index in [2.05, 4.69) is 37.3 Å². The Morgan fingerprint density at radius 2 is 1.75 bits per heavy atom. The molecule has 106 valence electrons. The van der Waals surface area contributed by atoms with Gasteiger partial charge in [-0.3, -0.25) is 0 Å². The number of nitrogens with one attached hydrogen (secondary N) is 1. The number of hydrogen-bond acceptors (Lipinski definition) is 4. The molecule has 0 spiro atoms. The summed E-state index contributed by atoms with van der Waals surface area (Å²) in [6.07, 6.45) is 2.05. The lowest BCUT2D eigenvalue weighted by Gasteiger charge is -2.21. The highest BCUT2D eigenvalue weighted by Crippen LogP contribution is 2.24. The number of pyridine rings is 1. The molecule has 1 N–H and O–H groups in total. The Kier molecular flexibility index (Phi) is 4.55. The van der Waals surface area contributed by atoms with Gasteiger partial charge in [-0.05, 0) is 57.4 Å². The van der Waals surface area contributed by atoms with E-state index in [9.17, 15) is 0 Å². The molecule has 0 aliphatic heterocycles. The molecule has 0 bridgehead atoms. The van der Waals surface area contributed by atoms with E-state index in [0.29, 0.717) is 5.88 Å². The first-order valence-corrected chi connectivity index (χ1v) is 7.76. The molecule has 0 amide bonds. The van der Waals surface area contributed by atoms with E-state index in [-0.39, 0.29) is 5.54 Å². The second-order valence-corrected chi connectivity index (χ2v) is 6.39. The Labute approximate surface area is 124 Å². The second-order valence-electron chi connectivity index (χ2n) is 5.51. The van der Waals surface area contributed by atoms with E-state index < -0.39 is 0 Å². The van der Waals surface area contributed by atoms with Crippen molar-refractivity contribution in [3.8, 4) is 11.6 Å². The molecule has 0 fully saturated rings. The monoisotopic (exact) mass is 288 g/mol. The van der Waals surface area contributed by atoms with Crippen LogP contribution >= 0.6 is 11.8 Å². The smallest absolute Gasteiger partial charge is 0.221 e. The summed E-state index contributed by atoms with van der Waals surface area (Å²) in [6.45, 7) is 6.30. The van der Waals surface area contributed by atoms with Gasteiger partial charge in [-0.15, -0.1) is 11.8 Å². The molecule has 0 aliphatic rings. The maximum Gasteiger partial charge on any atom is 0.221 e. The van der Waals surface area contributed by atoms with Gasteiger partial charge in [-0.25, -0.2) is 0 Å². The van der Waals surface area contributed by atoms with Gasteiger partial charge in [0.25, 0.3) is 0 Å². The predicted octanol–water partition coefficient (Wildman–Crippen LogP) is 4.81. The van der Waals surface area contributed by atoms with Crippen LogP contribution in [-0.4, -0.2) is 16.8 Å². The third kappa shape index (κ3) is 4.46. The van der Waals surface area contributed by atoms with Crippen molar-refractivity contribution < 1.29 is 4.74 Å². The fourth-order valence-corrected chi connectivity index (χ4v) is 2.10. The van der Waals surface area contributed by atoms with Crippen LogP contribution in [0.1, 0.15) is 20.8 Å². The number of rotatable bonds is 4. The molecule has 1 aromatic carbocycles. The van der Waals surface area contributed by atoms with Crippen LogP contribution in [0.25, 0.3) is 0 Å². The second kappa shape index (κ2) is 6.18. The Hall–Kier alpha value is -1.68. The summed E-state index contributed by atoms with van der Waals surface area (Å²) < 4.78 is 5.77. The van der Waals surface area contributed by atoms with Crippen molar-refractivity contribution in [2.45, 2.75) is 31.2 Å². The van der Waals surface area contributed by atoms with Gasteiger partial charge in [-0.2, -0.15) is 4.98 Å². The van der Waals surface area contributed by atoms with Gasteiger partial charge < -0.3 is 10.1 Å². The lowest BCUT2D eigenvalue weighted by atomic mass is 10.1. The number of benzene rings is 1. The molecule has 2 rings (SSSR count). The SMILES string of the molecule is CSc1ccc(Oc2cccc(NC(C)(C)C)n2)cc1. The van der Waals surface area contributed by atoms with E-state index in [4.69, 9.17) is 4.74 Å².